The number of hydrogen-bond donors (Lipinski definition) is 12. The molecule has 0 saturated carbocycles. The predicted octanol–water partition coefficient (Wildman–Crippen LogP) is 3.50. The lowest BCUT2D eigenvalue weighted by Gasteiger charge is -2.37. The highest BCUT2D eigenvalue weighted by molar-refractivity contribution is 6.01. The number of aliphatic carboxylic acids is 1. The second-order valence-electron chi connectivity index (χ2n) is 25.1. The highest BCUT2D eigenvalue weighted by Gasteiger charge is 2.49. The second-order valence-corrected chi connectivity index (χ2v) is 25.1. The number of carboxylic acids is 1. The molecule has 6 heterocycles. The third-order valence-corrected chi connectivity index (χ3v) is 18.0. The fraction of sp³-hybridized carbons (Fsp3) is 0.324. The van der Waals surface area contributed by atoms with Crippen molar-refractivity contribution < 1.29 is 71.4 Å². The number of amides is 9. The number of carbonyl (C=O) groups excluding carboxylic acids is 10. The van der Waals surface area contributed by atoms with Crippen LogP contribution in [0.3, 0.4) is 0 Å². The monoisotopic (exact) mass is 1360 g/mol. The number of fused-ring (bicyclic) bond motifs is 28. The quantitative estimate of drug-likeness (QED) is 0.0780. The van der Waals surface area contributed by atoms with Gasteiger partial charge in [0.15, 0.2) is 5.78 Å². The van der Waals surface area contributed by atoms with Crippen molar-refractivity contribution in [3.63, 3.8) is 0 Å². The molecule has 1 saturated heterocycles. The Labute approximate surface area is 565 Å². The maximum absolute atomic E-state index is 15.3. The number of aromatic nitrogens is 4. The van der Waals surface area contributed by atoms with Crippen molar-refractivity contribution in [2.24, 2.45) is 11.7 Å². The van der Waals surface area contributed by atoms with E-state index in [1.54, 1.807) is 60.7 Å². The minimum absolute atomic E-state index is 0.0166. The largest absolute Gasteiger partial charge is 0.497 e. The van der Waals surface area contributed by atoms with Gasteiger partial charge in [-0.2, -0.15) is 0 Å². The Morgan fingerprint density at radius 3 is 1.91 bits per heavy atom. The van der Waals surface area contributed by atoms with Crippen LogP contribution in [-0.2, 0) is 93.0 Å². The number of hydrogen-bond acceptors (Lipinski definition) is 13. The molecule has 5 aromatic carbocycles. The van der Waals surface area contributed by atoms with Gasteiger partial charge in [-0.3, -0.25) is 52.7 Å². The van der Waals surface area contributed by atoms with E-state index in [9.17, 15) is 47.4 Å². The van der Waals surface area contributed by atoms with Gasteiger partial charge in [-0.25, -0.2) is 13.8 Å². The molecule has 99 heavy (non-hydrogen) atoms. The third-order valence-electron chi connectivity index (χ3n) is 18.0. The number of rotatable bonds is 12. The smallest absolute Gasteiger partial charge is 0.304 e. The van der Waals surface area contributed by atoms with Crippen LogP contribution < -0.4 is 47.7 Å². The molecule has 0 aliphatic carbocycles. The van der Waals surface area contributed by atoms with Crippen LogP contribution >= 0.6 is 0 Å². The number of ketones is 1. The molecular formula is C71H75F2N13O13. The van der Waals surface area contributed by atoms with Crippen LogP contribution in [0.2, 0.25) is 0 Å². The number of Topliss-reactive ketones (excluding diaryl/α,β-unsaturated/α-hetero) is 1. The normalized spacial score (nSPS) is 22.3. The molecule has 3 aliphatic heterocycles. The molecule has 0 radical (unpaired) electrons. The number of H-pyrrole nitrogens is 3. The molecule has 8 atom stereocenters. The van der Waals surface area contributed by atoms with Gasteiger partial charge in [0.25, 0.3) is 5.91 Å². The van der Waals surface area contributed by atoms with Crippen molar-refractivity contribution in [2.75, 3.05) is 13.7 Å². The average Bonchev–Trinajstić information content (AvgIpc) is 1.69. The first-order valence-corrected chi connectivity index (χ1v) is 32.1. The zero-order valence-corrected chi connectivity index (χ0v) is 54.3. The maximum Gasteiger partial charge on any atom is 0.304 e. The van der Waals surface area contributed by atoms with Crippen molar-refractivity contribution in [1.82, 2.24) is 62.1 Å². The SMILES string of the molecule is COc1ccc(C[C@@H]2NC(=O)[C@H](Cc3cnc[nH]3)NC(=O)[C@H](CC(=O)O)CC(=O)[C@H](Cc3c[nH]c4ccc(F)cc34)NC(=O)[C@H](Cc3c[nH]c4ccc(F)cc34)NC(=O)[C@@H](C)NC(=O)Cc3cccc(c3)CNC(=O)c3ccc(cc3)C[C@@H](C(N)=O)NC(=O)[C@]3(C)CCCN3C2=O)cc1. The number of nitrogens with zero attached hydrogens (tertiary/aromatic N) is 2. The molecule has 4 bridgehead atoms. The average molecular weight is 1360 g/mol. The molecule has 516 valence electrons. The summed E-state index contributed by atoms with van der Waals surface area (Å²) >= 11 is 0. The number of carbonyl (C=O) groups is 11. The minimum atomic E-state index is -1.78. The number of halogens is 2. The number of ether oxygens (including phenoxy) is 1. The van der Waals surface area contributed by atoms with Crippen molar-refractivity contribution in [3.8, 4) is 5.75 Å². The van der Waals surface area contributed by atoms with Gasteiger partial charge in [0, 0.05) is 103 Å². The zero-order chi connectivity index (χ0) is 70.7. The lowest BCUT2D eigenvalue weighted by Crippen LogP contribution is -2.63. The number of nitrogens with two attached hydrogens (primary N) is 1. The van der Waals surface area contributed by atoms with E-state index in [-0.39, 0.29) is 62.9 Å². The van der Waals surface area contributed by atoms with Gasteiger partial charge in [-0.15, -0.1) is 0 Å². The second kappa shape index (κ2) is 31.1. The van der Waals surface area contributed by atoms with Gasteiger partial charge < -0.3 is 72.6 Å². The molecule has 26 nitrogen and oxygen atoms in total. The van der Waals surface area contributed by atoms with Crippen molar-refractivity contribution >= 4 is 86.7 Å². The predicted molar refractivity (Wildman–Crippen MR) is 356 cm³/mol. The molecule has 3 aromatic heterocycles. The van der Waals surface area contributed by atoms with Crippen LogP contribution in [-0.4, -0.2) is 150 Å². The highest BCUT2D eigenvalue weighted by Crippen LogP contribution is 2.32. The maximum atomic E-state index is 15.3. The Hall–Kier alpha value is -11.6. The molecule has 0 unspecified atom stereocenters. The van der Waals surface area contributed by atoms with Gasteiger partial charge in [-0.1, -0.05) is 48.5 Å². The third kappa shape index (κ3) is 17.5. The lowest BCUT2D eigenvalue weighted by atomic mass is 9.91. The zero-order valence-electron chi connectivity index (χ0n) is 54.3. The van der Waals surface area contributed by atoms with Crippen molar-refractivity contribution in [3.05, 3.63) is 190 Å². The molecule has 28 heteroatoms. The number of nitrogens with one attached hydrogen (secondary N) is 10. The van der Waals surface area contributed by atoms with Gasteiger partial charge in [0.1, 0.15) is 53.1 Å². The summed E-state index contributed by atoms with van der Waals surface area (Å²) in [6.45, 7) is 2.93. The van der Waals surface area contributed by atoms with Gasteiger partial charge >= 0.3 is 5.97 Å². The number of imidazole rings is 1. The summed E-state index contributed by atoms with van der Waals surface area (Å²) in [7, 11) is 1.46. The number of aromatic amines is 3. The number of methoxy groups -OCH3 is 1. The minimum Gasteiger partial charge on any atom is -0.497 e. The van der Waals surface area contributed by atoms with E-state index >= 15 is 19.2 Å². The van der Waals surface area contributed by atoms with E-state index in [1.807, 2.05) is 0 Å². The first-order valence-electron chi connectivity index (χ1n) is 32.1. The Balaban J connectivity index is 1.01. The van der Waals surface area contributed by atoms with Crippen LogP contribution in [0.4, 0.5) is 8.78 Å². The van der Waals surface area contributed by atoms with E-state index in [1.165, 1.54) is 99.3 Å². The number of carboxylic acid groups (broad SMARTS) is 1. The van der Waals surface area contributed by atoms with Crippen molar-refractivity contribution in [2.45, 2.75) is 126 Å². The molecule has 13 N–H and O–H groups in total. The fourth-order valence-corrected chi connectivity index (χ4v) is 12.5. The molecule has 3 aliphatic rings. The van der Waals surface area contributed by atoms with Gasteiger partial charge in [0.05, 0.1) is 38.2 Å². The Kier molecular flexibility index (Phi) is 22.1. The molecule has 1 fully saturated rings. The summed E-state index contributed by atoms with van der Waals surface area (Å²) in [5.41, 5.74) is 8.51. The van der Waals surface area contributed by atoms with Crippen LogP contribution in [0.1, 0.15) is 89.0 Å². The molecule has 9 amide bonds. The van der Waals surface area contributed by atoms with Gasteiger partial charge in [0.2, 0.25) is 47.3 Å². The van der Waals surface area contributed by atoms with Crippen LogP contribution in [0.5, 0.6) is 5.75 Å². The summed E-state index contributed by atoms with van der Waals surface area (Å²) in [4.78, 5) is 172. The molecule has 8 aromatic rings. The summed E-state index contributed by atoms with van der Waals surface area (Å²) in [6, 6.07) is 18.3. The molecule has 11 rings (SSSR count). The van der Waals surface area contributed by atoms with Gasteiger partial charge in [-0.05, 0) is 121 Å². The first-order chi connectivity index (χ1) is 47.4. The summed E-state index contributed by atoms with van der Waals surface area (Å²) in [5, 5.41) is 30.0. The summed E-state index contributed by atoms with van der Waals surface area (Å²) < 4.78 is 35.2. The van der Waals surface area contributed by atoms with E-state index in [0.29, 0.717) is 67.4 Å². The van der Waals surface area contributed by atoms with Crippen LogP contribution in [0, 0.1) is 17.6 Å². The highest BCUT2D eigenvalue weighted by atomic mass is 19.1. The van der Waals surface area contributed by atoms with E-state index in [0.717, 1.165) is 0 Å². The Morgan fingerprint density at radius 2 is 1.28 bits per heavy atom. The lowest BCUT2D eigenvalue weighted by molar-refractivity contribution is -0.147. The van der Waals surface area contributed by atoms with Crippen LogP contribution in [0.25, 0.3) is 21.8 Å². The number of benzene rings is 5. The standard InChI is InChI=1S/C71H75F2N13O13/c1-38-64(92)82-57(27-46-35-77-54-19-15-48(73)31-52(46)54)67(95)81-55(26-45-34-76-53-18-14-47(72)30-51(45)53)60(87)28-44(29-62(89)90)66(94)83-58(32-49-36-75-37-79-49)68(96)84-59(24-40-10-16-50(99-3)17-11-40)69(97)86-21-5-20-71(86,2)70(98)85-56(63(74)91)23-39-8-12-43(13-9-39)65(93)78-33-42-7-4-6-41(22-42)25-61(88)80-38/h4,6-19,22,30-31,34-38,44,55-59,76-77H,5,20-21,23-29,32-33H2,1-3H3,(H2,74,91)(H,75,79)(H,78,93)(H,80,88)(H,81,95)(H,82,92)(H,83,94)(H,84,96)(H,85,98)(H,89,90)/t38-,44+,55+,56+,57+,58+,59+,71+/m1/s1. The van der Waals surface area contributed by atoms with E-state index in [4.69, 9.17) is 10.5 Å². The number of primary amides is 1. The van der Waals surface area contributed by atoms with E-state index in [2.05, 4.69) is 57.2 Å². The fourth-order valence-electron chi connectivity index (χ4n) is 12.5. The van der Waals surface area contributed by atoms with Crippen LogP contribution in [0.15, 0.2) is 134 Å². The molecular weight excluding hydrogens is 1280 g/mol. The first kappa shape index (κ1) is 70.2. The summed E-state index contributed by atoms with van der Waals surface area (Å²) in [5.74, 6) is -12.4. The topological polar surface area (TPSA) is 391 Å². The van der Waals surface area contributed by atoms with Crippen molar-refractivity contribution in [1.29, 1.82) is 0 Å². The molecule has 0 spiro atoms. The summed E-state index contributed by atoms with van der Waals surface area (Å²) in [6.07, 6.45) is 2.52. The Bertz CT molecular complexity index is 4370. The van der Waals surface area contributed by atoms with E-state index < -0.39 is 144 Å². The Morgan fingerprint density at radius 1 is 0.667 bits per heavy atom.